The Labute approximate surface area is 179 Å². The summed E-state index contributed by atoms with van der Waals surface area (Å²) < 4.78 is 37.0. The van der Waals surface area contributed by atoms with Crippen LogP contribution in [0.3, 0.4) is 0 Å². The van der Waals surface area contributed by atoms with Gasteiger partial charge in [0.15, 0.2) is 0 Å². The minimum atomic E-state index is -3.70. The molecule has 1 amide bonds. The molecule has 0 aliphatic carbocycles. The molecule has 1 N–H and O–H groups in total. The number of aryl methyl sites for hydroxylation is 2. The third kappa shape index (κ3) is 5.24. The lowest BCUT2D eigenvalue weighted by molar-refractivity contribution is -0.122. The van der Waals surface area contributed by atoms with E-state index in [0.29, 0.717) is 17.2 Å². The van der Waals surface area contributed by atoms with Crippen LogP contribution in [0, 0.1) is 13.8 Å². The van der Waals surface area contributed by atoms with Gasteiger partial charge in [0.2, 0.25) is 15.9 Å². The van der Waals surface area contributed by atoms with Crippen LogP contribution >= 0.6 is 0 Å². The van der Waals surface area contributed by atoms with Gasteiger partial charge in [0.05, 0.1) is 32.2 Å². The molecule has 8 heteroatoms. The second-order valence-electron chi connectivity index (χ2n) is 7.36. The zero-order valence-electron chi connectivity index (χ0n) is 18.5. The average Bonchev–Trinajstić information content (AvgIpc) is 2.68. The Hall–Kier alpha value is -2.74. The largest absolute Gasteiger partial charge is 0.497 e. The molecule has 164 valence electrons. The number of hydrogen-bond acceptors (Lipinski definition) is 5. The molecule has 0 saturated carbocycles. The molecule has 0 unspecified atom stereocenters. The number of carbonyl (C=O) groups excluding carboxylic acids is 1. The molecule has 0 bridgehead atoms. The van der Waals surface area contributed by atoms with Crippen molar-refractivity contribution in [1.82, 2.24) is 5.32 Å². The van der Waals surface area contributed by atoms with Gasteiger partial charge in [0, 0.05) is 5.56 Å². The predicted octanol–water partition coefficient (Wildman–Crippen LogP) is 3.35. The predicted molar refractivity (Wildman–Crippen MR) is 119 cm³/mol. The van der Waals surface area contributed by atoms with Gasteiger partial charge in [-0.3, -0.25) is 9.10 Å². The molecule has 30 heavy (non-hydrogen) atoms. The van der Waals surface area contributed by atoms with Gasteiger partial charge in [-0.15, -0.1) is 0 Å². The zero-order valence-corrected chi connectivity index (χ0v) is 19.3. The zero-order chi connectivity index (χ0) is 22.6. The summed E-state index contributed by atoms with van der Waals surface area (Å²) in [6.07, 6.45) is 1.10. The number of carbonyl (C=O) groups is 1. The molecule has 0 heterocycles. The van der Waals surface area contributed by atoms with E-state index in [2.05, 4.69) is 5.32 Å². The number of amides is 1. The van der Waals surface area contributed by atoms with Gasteiger partial charge >= 0.3 is 0 Å². The summed E-state index contributed by atoms with van der Waals surface area (Å²) in [5.74, 6) is 0.817. The van der Waals surface area contributed by atoms with E-state index in [9.17, 15) is 13.2 Å². The normalized spacial score (nSPS) is 13.3. The number of nitrogens with zero attached hydrogens (tertiary/aromatic N) is 1. The summed E-state index contributed by atoms with van der Waals surface area (Å²) in [6.45, 7) is 7.09. The van der Waals surface area contributed by atoms with E-state index in [0.717, 1.165) is 22.9 Å². The van der Waals surface area contributed by atoms with Crippen LogP contribution in [-0.4, -0.2) is 40.8 Å². The highest BCUT2D eigenvalue weighted by Gasteiger charge is 2.31. The van der Waals surface area contributed by atoms with Crippen LogP contribution in [0.4, 0.5) is 5.69 Å². The average molecular weight is 435 g/mol. The minimum Gasteiger partial charge on any atom is -0.497 e. The lowest BCUT2D eigenvalue weighted by Crippen LogP contribution is -2.48. The summed E-state index contributed by atoms with van der Waals surface area (Å²) >= 11 is 0. The smallest absolute Gasteiger partial charge is 0.244 e. The van der Waals surface area contributed by atoms with E-state index in [1.54, 1.807) is 45.4 Å². The van der Waals surface area contributed by atoms with Crippen molar-refractivity contribution in [3.8, 4) is 11.5 Å². The van der Waals surface area contributed by atoms with E-state index >= 15 is 0 Å². The monoisotopic (exact) mass is 434 g/mol. The third-order valence-electron chi connectivity index (χ3n) is 4.95. The fraction of sp³-hybridized carbons (Fsp3) is 0.409. The van der Waals surface area contributed by atoms with Gasteiger partial charge in [-0.25, -0.2) is 8.42 Å². The Morgan fingerprint density at radius 1 is 1.03 bits per heavy atom. The lowest BCUT2D eigenvalue weighted by Gasteiger charge is -2.31. The van der Waals surface area contributed by atoms with Crippen molar-refractivity contribution in [2.24, 2.45) is 0 Å². The molecule has 7 nitrogen and oxygen atoms in total. The number of sulfonamides is 1. The molecule has 0 radical (unpaired) electrons. The van der Waals surface area contributed by atoms with Crippen LogP contribution < -0.4 is 19.1 Å². The molecule has 0 saturated heterocycles. The molecular weight excluding hydrogens is 404 g/mol. The maximum atomic E-state index is 13.0. The quantitative estimate of drug-likeness (QED) is 0.689. The molecule has 2 aromatic carbocycles. The first-order valence-corrected chi connectivity index (χ1v) is 11.4. The summed E-state index contributed by atoms with van der Waals surface area (Å²) in [7, 11) is -0.587. The van der Waals surface area contributed by atoms with E-state index in [4.69, 9.17) is 9.47 Å². The number of benzene rings is 2. The molecular formula is C22H30N2O5S. The van der Waals surface area contributed by atoms with Gasteiger partial charge in [-0.2, -0.15) is 0 Å². The summed E-state index contributed by atoms with van der Waals surface area (Å²) in [5, 5.41) is 2.90. The third-order valence-corrected chi connectivity index (χ3v) is 6.18. The molecule has 0 aliphatic rings. The molecule has 0 aliphatic heterocycles. The van der Waals surface area contributed by atoms with Crippen molar-refractivity contribution in [2.45, 2.75) is 39.8 Å². The number of hydrogen-bond donors (Lipinski definition) is 1. The molecule has 0 fully saturated rings. The first kappa shape index (κ1) is 23.5. The number of anilines is 1. The van der Waals surface area contributed by atoms with Crippen LogP contribution in [0.2, 0.25) is 0 Å². The van der Waals surface area contributed by atoms with E-state index < -0.39 is 28.0 Å². The fourth-order valence-electron chi connectivity index (χ4n) is 3.33. The van der Waals surface area contributed by atoms with Gasteiger partial charge < -0.3 is 14.8 Å². The van der Waals surface area contributed by atoms with Gasteiger partial charge in [0.25, 0.3) is 0 Å². The fourth-order valence-corrected chi connectivity index (χ4v) is 4.55. The van der Waals surface area contributed by atoms with Crippen molar-refractivity contribution in [3.05, 3.63) is 53.1 Å². The van der Waals surface area contributed by atoms with Gasteiger partial charge in [-0.1, -0.05) is 12.1 Å². The topological polar surface area (TPSA) is 84.9 Å². The van der Waals surface area contributed by atoms with E-state index in [1.807, 2.05) is 32.9 Å². The summed E-state index contributed by atoms with van der Waals surface area (Å²) in [5.41, 5.74) is 2.90. The van der Waals surface area contributed by atoms with Crippen molar-refractivity contribution in [2.75, 3.05) is 24.8 Å². The van der Waals surface area contributed by atoms with Crippen LogP contribution in [0.15, 0.2) is 36.4 Å². The molecule has 0 spiro atoms. The van der Waals surface area contributed by atoms with Crippen LogP contribution in [-0.2, 0) is 14.8 Å². The minimum absolute atomic E-state index is 0.418. The molecule has 2 aromatic rings. The maximum absolute atomic E-state index is 13.0. The number of rotatable bonds is 8. The SMILES string of the molecule is COc1ccc(OC)c([C@@H](C)NC(=O)[C@H](C)N(c2cc(C)ccc2C)S(C)(=O)=O)c1. The first-order valence-electron chi connectivity index (χ1n) is 9.58. The Morgan fingerprint density at radius 2 is 1.70 bits per heavy atom. The van der Waals surface area contributed by atoms with Crippen molar-refractivity contribution in [1.29, 1.82) is 0 Å². The molecule has 0 aromatic heterocycles. The number of nitrogens with one attached hydrogen (secondary N) is 1. The highest BCUT2D eigenvalue weighted by atomic mass is 32.2. The standard InChI is InChI=1S/C22H30N2O5S/c1-14-8-9-15(2)20(12-14)24(30(7,26)27)17(4)22(25)23-16(3)19-13-18(28-5)10-11-21(19)29-6/h8-13,16-17H,1-7H3,(H,23,25)/t16-,17+/m1/s1. The van der Waals surface area contributed by atoms with E-state index in [1.165, 1.54) is 4.31 Å². The Bertz CT molecular complexity index is 1020. The Kier molecular flexibility index (Phi) is 7.36. The highest BCUT2D eigenvalue weighted by Crippen LogP contribution is 2.30. The van der Waals surface area contributed by atoms with Crippen LogP contribution in [0.5, 0.6) is 11.5 Å². The van der Waals surface area contributed by atoms with Gasteiger partial charge in [0.1, 0.15) is 17.5 Å². The van der Waals surface area contributed by atoms with E-state index in [-0.39, 0.29) is 0 Å². The second kappa shape index (κ2) is 9.38. The van der Waals surface area contributed by atoms with Crippen molar-refractivity contribution < 1.29 is 22.7 Å². The van der Waals surface area contributed by atoms with Crippen molar-refractivity contribution >= 4 is 21.6 Å². The van der Waals surface area contributed by atoms with Crippen molar-refractivity contribution in [3.63, 3.8) is 0 Å². The second-order valence-corrected chi connectivity index (χ2v) is 9.22. The summed E-state index contributed by atoms with van der Waals surface area (Å²) in [6, 6.07) is 9.47. The Morgan fingerprint density at radius 3 is 2.27 bits per heavy atom. The highest BCUT2D eigenvalue weighted by molar-refractivity contribution is 7.92. The van der Waals surface area contributed by atoms with Crippen LogP contribution in [0.1, 0.15) is 36.6 Å². The molecule has 2 rings (SSSR count). The van der Waals surface area contributed by atoms with Crippen LogP contribution in [0.25, 0.3) is 0 Å². The molecule has 2 atom stereocenters. The number of methoxy groups -OCH3 is 2. The number of ether oxygens (including phenoxy) is 2. The first-order chi connectivity index (χ1) is 14.0. The van der Waals surface area contributed by atoms with Gasteiger partial charge in [-0.05, 0) is 63.1 Å². The lowest BCUT2D eigenvalue weighted by atomic mass is 10.1. The maximum Gasteiger partial charge on any atom is 0.244 e. The summed E-state index contributed by atoms with van der Waals surface area (Å²) in [4.78, 5) is 13.0. The Balaban J connectivity index is 2.35.